The van der Waals surface area contributed by atoms with Crippen molar-refractivity contribution >= 4 is 23.4 Å². The highest BCUT2D eigenvalue weighted by atomic mass is 32.2. The van der Waals surface area contributed by atoms with E-state index in [0.29, 0.717) is 23.5 Å². The number of para-hydroxylation sites is 1. The van der Waals surface area contributed by atoms with Crippen LogP contribution in [-0.2, 0) is 0 Å². The average Bonchev–Trinajstić information content (AvgIpc) is 2.37. The number of rotatable bonds is 5. The van der Waals surface area contributed by atoms with Crippen molar-refractivity contribution in [2.45, 2.75) is 24.0 Å². The fourth-order valence-electron chi connectivity index (χ4n) is 2.32. The third-order valence-electron chi connectivity index (χ3n) is 3.76. The third-order valence-corrected chi connectivity index (χ3v) is 5.18. The summed E-state index contributed by atoms with van der Waals surface area (Å²) in [5.74, 6) is 0.330. The van der Waals surface area contributed by atoms with Gasteiger partial charge in [0, 0.05) is 11.3 Å². The lowest BCUT2D eigenvalue weighted by atomic mass is 9.84. The number of nitrogens with one attached hydrogen (secondary N) is 1. The molecule has 0 atom stereocenters. The van der Waals surface area contributed by atoms with E-state index in [9.17, 15) is 4.79 Å². The standard InChI is InChI=1S/C14H20N2O2S/c1-18-12-10(5-3-6-11(12)15)13(17)16-9-14(19-2)7-4-8-14/h3,5-6H,4,7-9,15H2,1-2H3,(H,16,17). The van der Waals surface area contributed by atoms with E-state index in [-0.39, 0.29) is 10.7 Å². The molecule has 2 rings (SSSR count). The van der Waals surface area contributed by atoms with Crippen LogP contribution < -0.4 is 15.8 Å². The highest BCUT2D eigenvalue weighted by Crippen LogP contribution is 2.42. The molecule has 0 bridgehead atoms. The number of anilines is 1. The molecule has 0 unspecified atom stereocenters. The first kappa shape index (κ1) is 14.1. The minimum Gasteiger partial charge on any atom is -0.494 e. The van der Waals surface area contributed by atoms with Gasteiger partial charge in [-0.05, 0) is 31.2 Å². The molecule has 0 saturated heterocycles. The summed E-state index contributed by atoms with van der Waals surface area (Å²) in [4.78, 5) is 12.2. The molecule has 5 heteroatoms. The molecule has 1 saturated carbocycles. The van der Waals surface area contributed by atoms with Crippen LogP contribution in [0.4, 0.5) is 5.69 Å². The van der Waals surface area contributed by atoms with E-state index in [4.69, 9.17) is 10.5 Å². The number of hydrogen-bond donors (Lipinski definition) is 2. The number of ether oxygens (including phenoxy) is 1. The first-order chi connectivity index (χ1) is 9.12. The number of methoxy groups -OCH3 is 1. The second-order valence-corrected chi connectivity index (χ2v) is 6.13. The van der Waals surface area contributed by atoms with Gasteiger partial charge in [0.25, 0.3) is 5.91 Å². The Bertz CT molecular complexity index is 467. The maximum absolute atomic E-state index is 12.2. The van der Waals surface area contributed by atoms with Crippen molar-refractivity contribution in [3.63, 3.8) is 0 Å². The van der Waals surface area contributed by atoms with E-state index in [1.54, 1.807) is 18.2 Å². The number of carbonyl (C=O) groups excluding carboxylic acids is 1. The van der Waals surface area contributed by atoms with Crippen LogP contribution in [0.2, 0.25) is 0 Å². The summed E-state index contributed by atoms with van der Waals surface area (Å²) in [5.41, 5.74) is 6.79. The quantitative estimate of drug-likeness (QED) is 0.812. The number of amides is 1. The van der Waals surface area contributed by atoms with Crippen LogP contribution in [0, 0.1) is 0 Å². The molecule has 19 heavy (non-hydrogen) atoms. The SMILES string of the molecule is COc1c(N)cccc1C(=O)NCC1(SC)CCC1. The lowest BCUT2D eigenvalue weighted by molar-refractivity contribution is 0.0941. The van der Waals surface area contributed by atoms with Gasteiger partial charge in [-0.15, -0.1) is 0 Å². The van der Waals surface area contributed by atoms with Gasteiger partial charge in [0.15, 0.2) is 5.75 Å². The molecular weight excluding hydrogens is 260 g/mol. The predicted molar refractivity (Wildman–Crippen MR) is 79.8 cm³/mol. The largest absolute Gasteiger partial charge is 0.494 e. The molecule has 1 aromatic carbocycles. The summed E-state index contributed by atoms with van der Waals surface area (Å²) < 4.78 is 5.43. The van der Waals surface area contributed by atoms with Crippen LogP contribution >= 0.6 is 11.8 Å². The van der Waals surface area contributed by atoms with Crippen LogP contribution in [0.3, 0.4) is 0 Å². The van der Waals surface area contributed by atoms with Gasteiger partial charge < -0.3 is 15.8 Å². The monoisotopic (exact) mass is 280 g/mol. The van der Waals surface area contributed by atoms with Gasteiger partial charge >= 0.3 is 0 Å². The molecule has 1 aromatic rings. The minimum absolute atomic E-state index is 0.121. The van der Waals surface area contributed by atoms with Crippen molar-refractivity contribution in [3.8, 4) is 5.75 Å². The third kappa shape index (κ3) is 2.81. The van der Waals surface area contributed by atoms with E-state index in [0.717, 1.165) is 0 Å². The predicted octanol–water partition coefficient (Wildman–Crippen LogP) is 2.29. The number of hydrogen-bond acceptors (Lipinski definition) is 4. The molecule has 0 aliphatic heterocycles. The van der Waals surface area contributed by atoms with Crippen molar-refractivity contribution in [3.05, 3.63) is 23.8 Å². The van der Waals surface area contributed by atoms with E-state index >= 15 is 0 Å². The average molecular weight is 280 g/mol. The summed E-state index contributed by atoms with van der Waals surface area (Å²) in [5, 5.41) is 3.00. The summed E-state index contributed by atoms with van der Waals surface area (Å²) in [6.45, 7) is 0.699. The number of nitrogen functional groups attached to an aromatic ring is 1. The van der Waals surface area contributed by atoms with Crippen LogP contribution in [-0.4, -0.2) is 30.6 Å². The van der Waals surface area contributed by atoms with Gasteiger partial charge in [-0.2, -0.15) is 11.8 Å². The molecule has 4 nitrogen and oxygen atoms in total. The van der Waals surface area contributed by atoms with Crippen LogP contribution in [0.1, 0.15) is 29.6 Å². The van der Waals surface area contributed by atoms with Crippen LogP contribution in [0.5, 0.6) is 5.75 Å². The van der Waals surface area contributed by atoms with Crippen molar-refractivity contribution in [2.75, 3.05) is 25.6 Å². The van der Waals surface area contributed by atoms with E-state index < -0.39 is 0 Å². The zero-order valence-electron chi connectivity index (χ0n) is 11.4. The van der Waals surface area contributed by atoms with Crippen molar-refractivity contribution in [1.82, 2.24) is 5.32 Å². The van der Waals surface area contributed by atoms with Gasteiger partial charge in [0.05, 0.1) is 18.4 Å². The Hall–Kier alpha value is -1.36. The maximum atomic E-state index is 12.2. The molecular formula is C14H20N2O2S. The Morgan fingerprint density at radius 2 is 2.26 bits per heavy atom. The molecule has 0 radical (unpaired) electrons. The molecule has 0 aromatic heterocycles. The number of nitrogens with two attached hydrogens (primary N) is 1. The molecule has 104 valence electrons. The van der Waals surface area contributed by atoms with Crippen molar-refractivity contribution < 1.29 is 9.53 Å². The van der Waals surface area contributed by atoms with E-state index in [1.165, 1.54) is 26.4 Å². The summed E-state index contributed by atoms with van der Waals surface area (Å²) in [6.07, 6.45) is 5.69. The highest BCUT2D eigenvalue weighted by Gasteiger charge is 2.36. The molecule has 3 N–H and O–H groups in total. The summed E-state index contributed by atoms with van der Waals surface area (Å²) >= 11 is 1.84. The van der Waals surface area contributed by atoms with Gasteiger partial charge in [-0.3, -0.25) is 4.79 Å². The Morgan fingerprint density at radius 3 is 2.79 bits per heavy atom. The fourth-order valence-corrected chi connectivity index (χ4v) is 3.24. The maximum Gasteiger partial charge on any atom is 0.255 e. The molecule has 0 spiro atoms. The Morgan fingerprint density at radius 1 is 1.53 bits per heavy atom. The number of carbonyl (C=O) groups is 1. The zero-order valence-corrected chi connectivity index (χ0v) is 12.2. The number of benzene rings is 1. The smallest absolute Gasteiger partial charge is 0.255 e. The Balaban J connectivity index is 2.06. The normalized spacial score (nSPS) is 16.5. The zero-order chi connectivity index (χ0) is 13.9. The van der Waals surface area contributed by atoms with Crippen LogP contribution in [0.25, 0.3) is 0 Å². The minimum atomic E-state index is -0.121. The lowest BCUT2D eigenvalue weighted by Crippen LogP contribution is -2.45. The molecule has 1 aliphatic carbocycles. The summed E-state index contributed by atoms with van der Waals surface area (Å²) in [7, 11) is 1.53. The molecule has 1 fully saturated rings. The lowest BCUT2D eigenvalue weighted by Gasteiger charge is -2.40. The van der Waals surface area contributed by atoms with Gasteiger partial charge in [0.1, 0.15) is 0 Å². The molecule has 0 heterocycles. The van der Waals surface area contributed by atoms with Gasteiger partial charge in [-0.25, -0.2) is 0 Å². The second kappa shape index (κ2) is 5.74. The van der Waals surface area contributed by atoms with Crippen LogP contribution in [0.15, 0.2) is 18.2 Å². The fraction of sp³-hybridized carbons (Fsp3) is 0.500. The summed E-state index contributed by atoms with van der Waals surface area (Å²) in [6, 6.07) is 5.22. The Labute approximate surface area is 118 Å². The topological polar surface area (TPSA) is 64.3 Å². The Kier molecular flexibility index (Phi) is 4.24. The van der Waals surface area contributed by atoms with Gasteiger partial charge in [0.2, 0.25) is 0 Å². The van der Waals surface area contributed by atoms with E-state index in [2.05, 4.69) is 11.6 Å². The highest BCUT2D eigenvalue weighted by molar-refractivity contribution is 8.00. The molecule has 1 amide bonds. The number of thioether (sulfide) groups is 1. The molecule has 1 aliphatic rings. The first-order valence-electron chi connectivity index (χ1n) is 6.38. The first-order valence-corrected chi connectivity index (χ1v) is 7.60. The van der Waals surface area contributed by atoms with Gasteiger partial charge in [-0.1, -0.05) is 12.5 Å². The van der Waals surface area contributed by atoms with Crippen molar-refractivity contribution in [2.24, 2.45) is 0 Å². The van der Waals surface area contributed by atoms with Crippen molar-refractivity contribution in [1.29, 1.82) is 0 Å². The van der Waals surface area contributed by atoms with E-state index in [1.807, 2.05) is 11.8 Å². The second-order valence-electron chi connectivity index (χ2n) is 4.85.